The molecule has 4 heteroatoms. The Morgan fingerprint density at radius 1 is 1.39 bits per heavy atom. The molecular weight excluding hydrogens is 292 g/mol. The van der Waals surface area contributed by atoms with Gasteiger partial charge in [0.05, 0.1) is 0 Å². The van der Waals surface area contributed by atoms with E-state index in [2.05, 4.69) is 27.9 Å². The summed E-state index contributed by atoms with van der Waals surface area (Å²) < 4.78 is 0.963. The maximum atomic E-state index is 12.4. The van der Waals surface area contributed by atoms with Crippen molar-refractivity contribution in [3.05, 3.63) is 34.3 Å². The highest BCUT2D eigenvalue weighted by Gasteiger charge is 2.41. The second-order valence-corrected chi connectivity index (χ2v) is 6.23. The van der Waals surface area contributed by atoms with Crippen LogP contribution in [0.2, 0.25) is 0 Å². The van der Waals surface area contributed by atoms with Gasteiger partial charge in [0.1, 0.15) is 0 Å². The molecule has 96 valence electrons. The summed E-state index contributed by atoms with van der Waals surface area (Å²) in [5, 5.41) is 0. The molecule has 0 aromatic heterocycles. The minimum absolute atomic E-state index is 0.166. The van der Waals surface area contributed by atoms with Crippen LogP contribution in [-0.2, 0) is 0 Å². The first-order chi connectivity index (χ1) is 8.65. The van der Waals surface area contributed by atoms with Crippen LogP contribution in [0.3, 0.4) is 0 Å². The van der Waals surface area contributed by atoms with Gasteiger partial charge >= 0.3 is 0 Å². The van der Waals surface area contributed by atoms with Crippen molar-refractivity contribution in [2.75, 3.05) is 26.7 Å². The summed E-state index contributed by atoms with van der Waals surface area (Å²) >= 11 is 3.42. The van der Waals surface area contributed by atoms with Crippen molar-refractivity contribution in [3.8, 4) is 0 Å². The molecular formula is C14H17BrN2O. The van der Waals surface area contributed by atoms with Gasteiger partial charge in [0, 0.05) is 29.2 Å². The van der Waals surface area contributed by atoms with Crippen LogP contribution in [0.25, 0.3) is 0 Å². The van der Waals surface area contributed by atoms with E-state index >= 15 is 0 Å². The largest absolute Gasteiger partial charge is 0.337 e. The molecule has 2 atom stereocenters. The molecule has 3 rings (SSSR count). The van der Waals surface area contributed by atoms with Crippen molar-refractivity contribution in [3.63, 3.8) is 0 Å². The van der Waals surface area contributed by atoms with E-state index in [0.29, 0.717) is 12.0 Å². The molecule has 0 unspecified atom stereocenters. The van der Waals surface area contributed by atoms with Crippen LogP contribution < -0.4 is 0 Å². The number of benzene rings is 1. The van der Waals surface area contributed by atoms with Gasteiger partial charge in [0.15, 0.2) is 0 Å². The minimum Gasteiger partial charge on any atom is -0.337 e. The van der Waals surface area contributed by atoms with Gasteiger partial charge in [-0.05, 0) is 44.1 Å². The van der Waals surface area contributed by atoms with Crippen molar-refractivity contribution in [2.45, 2.75) is 12.5 Å². The fraction of sp³-hybridized carbons (Fsp3) is 0.500. The van der Waals surface area contributed by atoms with E-state index < -0.39 is 0 Å². The third-order valence-electron chi connectivity index (χ3n) is 4.18. The van der Waals surface area contributed by atoms with E-state index in [4.69, 9.17) is 0 Å². The number of nitrogens with zero attached hydrogens (tertiary/aromatic N) is 2. The number of carbonyl (C=O) groups excluding carboxylic acids is 1. The Kier molecular flexibility index (Phi) is 3.16. The SMILES string of the molecule is CN1CC[C@H]2CN(C(=O)c3cccc(Br)c3)C[C@H]21. The first kappa shape index (κ1) is 12.2. The fourth-order valence-corrected chi connectivity index (χ4v) is 3.54. The van der Waals surface area contributed by atoms with Crippen LogP contribution in [-0.4, -0.2) is 48.4 Å². The van der Waals surface area contributed by atoms with Gasteiger partial charge < -0.3 is 9.80 Å². The van der Waals surface area contributed by atoms with Crippen LogP contribution in [0.15, 0.2) is 28.7 Å². The summed E-state index contributed by atoms with van der Waals surface area (Å²) in [6.45, 7) is 2.97. The summed E-state index contributed by atoms with van der Waals surface area (Å²) in [6, 6.07) is 8.23. The van der Waals surface area contributed by atoms with Gasteiger partial charge in [0.2, 0.25) is 0 Å². The van der Waals surface area contributed by atoms with Crippen LogP contribution in [0.5, 0.6) is 0 Å². The Hall–Kier alpha value is -0.870. The van der Waals surface area contributed by atoms with Crippen LogP contribution >= 0.6 is 15.9 Å². The Morgan fingerprint density at radius 3 is 2.94 bits per heavy atom. The number of halogens is 1. The zero-order valence-electron chi connectivity index (χ0n) is 10.5. The highest BCUT2D eigenvalue weighted by Crippen LogP contribution is 2.31. The van der Waals surface area contributed by atoms with Gasteiger partial charge in [-0.1, -0.05) is 22.0 Å². The predicted octanol–water partition coefficient (Wildman–Crippen LogP) is 2.23. The number of carbonyl (C=O) groups is 1. The van der Waals surface area contributed by atoms with Crippen LogP contribution in [0, 0.1) is 5.92 Å². The Balaban J connectivity index is 1.75. The topological polar surface area (TPSA) is 23.6 Å². The molecule has 2 aliphatic heterocycles. The van der Waals surface area contributed by atoms with Crippen LogP contribution in [0.1, 0.15) is 16.8 Å². The van der Waals surface area contributed by atoms with Crippen molar-refractivity contribution < 1.29 is 4.79 Å². The number of hydrogen-bond donors (Lipinski definition) is 0. The molecule has 0 N–H and O–H groups in total. The predicted molar refractivity (Wildman–Crippen MR) is 74.6 cm³/mol. The Labute approximate surface area is 116 Å². The monoisotopic (exact) mass is 308 g/mol. The summed E-state index contributed by atoms with van der Waals surface area (Å²) in [5.41, 5.74) is 0.784. The molecule has 2 saturated heterocycles. The average molecular weight is 309 g/mol. The number of fused-ring (bicyclic) bond motifs is 1. The molecule has 0 saturated carbocycles. The lowest BCUT2D eigenvalue weighted by Gasteiger charge is -2.20. The molecule has 2 fully saturated rings. The van der Waals surface area contributed by atoms with E-state index in [1.807, 2.05) is 29.2 Å². The molecule has 0 aliphatic carbocycles. The molecule has 1 amide bonds. The van der Waals surface area contributed by atoms with Gasteiger partial charge in [-0.15, -0.1) is 0 Å². The van der Waals surface area contributed by atoms with Gasteiger partial charge in [-0.25, -0.2) is 0 Å². The zero-order chi connectivity index (χ0) is 12.7. The van der Waals surface area contributed by atoms with Crippen molar-refractivity contribution in [1.82, 2.24) is 9.80 Å². The number of hydrogen-bond acceptors (Lipinski definition) is 2. The van der Waals surface area contributed by atoms with E-state index in [9.17, 15) is 4.79 Å². The Morgan fingerprint density at radius 2 is 2.22 bits per heavy atom. The fourth-order valence-electron chi connectivity index (χ4n) is 3.14. The first-order valence-electron chi connectivity index (χ1n) is 6.40. The molecule has 1 aromatic rings. The second-order valence-electron chi connectivity index (χ2n) is 5.32. The third-order valence-corrected chi connectivity index (χ3v) is 4.68. The lowest BCUT2D eigenvalue weighted by molar-refractivity contribution is 0.0774. The van der Waals surface area contributed by atoms with E-state index in [1.54, 1.807) is 0 Å². The molecule has 2 aliphatic rings. The molecule has 0 spiro atoms. The quantitative estimate of drug-likeness (QED) is 0.794. The van der Waals surface area contributed by atoms with Gasteiger partial charge in [-0.2, -0.15) is 0 Å². The second kappa shape index (κ2) is 4.67. The Bertz CT molecular complexity index is 477. The lowest BCUT2D eigenvalue weighted by Crippen LogP contribution is -2.35. The number of likely N-dealkylation sites (tertiary alicyclic amines) is 2. The summed E-state index contributed by atoms with van der Waals surface area (Å²) in [7, 11) is 2.16. The van der Waals surface area contributed by atoms with Crippen molar-refractivity contribution in [1.29, 1.82) is 0 Å². The zero-order valence-corrected chi connectivity index (χ0v) is 12.1. The molecule has 1 aromatic carbocycles. The van der Waals surface area contributed by atoms with E-state index in [1.165, 1.54) is 13.0 Å². The summed E-state index contributed by atoms with van der Waals surface area (Å²) in [4.78, 5) is 16.8. The highest BCUT2D eigenvalue weighted by atomic mass is 79.9. The molecule has 18 heavy (non-hydrogen) atoms. The van der Waals surface area contributed by atoms with Crippen molar-refractivity contribution >= 4 is 21.8 Å². The molecule has 3 nitrogen and oxygen atoms in total. The smallest absolute Gasteiger partial charge is 0.253 e. The summed E-state index contributed by atoms with van der Waals surface area (Å²) in [6.07, 6.45) is 1.23. The minimum atomic E-state index is 0.166. The normalized spacial score (nSPS) is 27.6. The van der Waals surface area contributed by atoms with E-state index in [-0.39, 0.29) is 5.91 Å². The number of likely N-dealkylation sites (N-methyl/N-ethyl adjacent to an activating group) is 1. The molecule has 0 bridgehead atoms. The number of rotatable bonds is 1. The van der Waals surface area contributed by atoms with Crippen LogP contribution in [0.4, 0.5) is 0 Å². The van der Waals surface area contributed by atoms with Gasteiger partial charge in [-0.3, -0.25) is 4.79 Å². The average Bonchev–Trinajstić information content (AvgIpc) is 2.91. The standard InChI is InChI=1S/C14H17BrN2O/c1-16-6-5-11-8-17(9-13(11)16)14(18)10-3-2-4-12(15)7-10/h2-4,7,11,13H,5-6,8-9H2,1H3/t11-,13+/m0/s1. The third kappa shape index (κ3) is 2.08. The summed E-state index contributed by atoms with van der Waals surface area (Å²) in [5.74, 6) is 0.838. The highest BCUT2D eigenvalue weighted by molar-refractivity contribution is 9.10. The maximum absolute atomic E-state index is 12.4. The number of amides is 1. The lowest BCUT2D eigenvalue weighted by atomic mass is 10.1. The first-order valence-corrected chi connectivity index (χ1v) is 7.19. The van der Waals surface area contributed by atoms with Crippen molar-refractivity contribution in [2.24, 2.45) is 5.92 Å². The maximum Gasteiger partial charge on any atom is 0.253 e. The van der Waals surface area contributed by atoms with E-state index in [0.717, 1.165) is 23.1 Å². The molecule has 0 radical (unpaired) electrons. The molecule has 2 heterocycles. The van der Waals surface area contributed by atoms with Gasteiger partial charge in [0.25, 0.3) is 5.91 Å².